The minimum absolute atomic E-state index is 0.229. The van der Waals surface area contributed by atoms with Gasteiger partial charge in [-0.3, -0.25) is 10.1 Å². The minimum Gasteiger partial charge on any atom is -0.480 e. The van der Waals surface area contributed by atoms with Gasteiger partial charge in [-0.25, -0.2) is 0 Å². The summed E-state index contributed by atoms with van der Waals surface area (Å²) in [6.45, 7) is 3.78. The highest BCUT2D eigenvalue weighted by molar-refractivity contribution is 5.72. The van der Waals surface area contributed by atoms with Crippen LogP contribution >= 0.6 is 0 Å². The quantitative estimate of drug-likeness (QED) is 0.850. The van der Waals surface area contributed by atoms with Crippen molar-refractivity contribution < 1.29 is 14.3 Å². The van der Waals surface area contributed by atoms with Crippen LogP contribution in [0.2, 0.25) is 0 Å². The Morgan fingerprint density at radius 1 is 1.37 bits per heavy atom. The zero-order chi connectivity index (χ0) is 13.8. The van der Waals surface area contributed by atoms with Crippen LogP contribution in [0.25, 0.3) is 11.5 Å². The molecule has 0 saturated heterocycles. The lowest BCUT2D eigenvalue weighted by molar-refractivity contribution is -0.139. The van der Waals surface area contributed by atoms with Gasteiger partial charge < -0.3 is 9.52 Å². The fourth-order valence-corrected chi connectivity index (χ4v) is 1.47. The van der Waals surface area contributed by atoms with E-state index in [1.54, 1.807) is 6.92 Å². The summed E-state index contributed by atoms with van der Waals surface area (Å²) in [6.07, 6.45) is 0. The molecular formula is C13H15N3O3. The van der Waals surface area contributed by atoms with E-state index in [2.05, 4.69) is 15.5 Å². The van der Waals surface area contributed by atoms with Crippen molar-refractivity contribution in [1.29, 1.82) is 0 Å². The molecular weight excluding hydrogens is 246 g/mol. The van der Waals surface area contributed by atoms with Crippen molar-refractivity contribution in [2.24, 2.45) is 0 Å². The molecule has 0 saturated carbocycles. The molecule has 19 heavy (non-hydrogen) atoms. The highest BCUT2D eigenvalue weighted by Gasteiger charge is 2.13. The lowest BCUT2D eigenvalue weighted by Gasteiger charge is -2.05. The molecule has 0 bridgehead atoms. The van der Waals surface area contributed by atoms with E-state index >= 15 is 0 Å². The maximum Gasteiger partial charge on any atom is 0.320 e. The first-order valence-electron chi connectivity index (χ1n) is 5.92. The Labute approximate surface area is 110 Å². The number of nitrogens with one attached hydrogen (secondary N) is 1. The van der Waals surface area contributed by atoms with Gasteiger partial charge in [-0.15, -0.1) is 10.2 Å². The second-order valence-electron chi connectivity index (χ2n) is 4.31. The Kier molecular flexibility index (Phi) is 3.91. The number of carbonyl (C=O) groups is 1. The summed E-state index contributed by atoms with van der Waals surface area (Å²) in [4.78, 5) is 10.6. The Morgan fingerprint density at radius 2 is 2.05 bits per heavy atom. The first-order chi connectivity index (χ1) is 9.06. The van der Waals surface area contributed by atoms with Gasteiger partial charge in [0.1, 0.15) is 6.04 Å². The van der Waals surface area contributed by atoms with Crippen molar-refractivity contribution in [3.8, 4) is 11.5 Å². The van der Waals surface area contributed by atoms with Crippen molar-refractivity contribution in [1.82, 2.24) is 15.5 Å². The van der Waals surface area contributed by atoms with Crippen LogP contribution in [-0.4, -0.2) is 27.3 Å². The molecule has 0 spiro atoms. The first-order valence-corrected chi connectivity index (χ1v) is 5.92. The Bertz CT molecular complexity index is 563. The van der Waals surface area contributed by atoms with E-state index in [1.165, 1.54) is 0 Å². The number of nitrogens with zero attached hydrogens (tertiary/aromatic N) is 2. The molecule has 1 heterocycles. The van der Waals surface area contributed by atoms with Gasteiger partial charge in [0.25, 0.3) is 0 Å². The monoisotopic (exact) mass is 261 g/mol. The summed E-state index contributed by atoms with van der Waals surface area (Å²) < 4.78 is 5.46. The van der Waals surface area contributed by atoms with Gasteiger partial charge in [0.2, 0.25) is 11.8 Å². The van der Waals surface area contributed by atoms with Gasteiger partial charge in [0.15, 0.2) is 0 Å². The van der Waals surface area contributed by atoms with Crippen LogP contribution in [0.5, 0.6) is 0 Å². The smallest absolute Gasteiger partial charge is 0.320 e. The molecule has 1 aromatic carbocycles. The van der Waals surface area contributed by atoms with Crippen LogP contribution in [0, 0.1) is 6.92 Å². The Hall–Kier alpha value is -2.21. The fraction of sp³-hybridized carbons (Fsp3) is 0.308. The highest BCUT2D eigenvalue weighted by Crippen LogP contribution is 2.18. The maximum atomic E-state index is 10.6. The molecule has 0 amide bonds. The lowest BCUT2D eigenvalue weighted by Crippen LogP contribution is -2.33. The van der Waals surface area contributed by atoms with Gasteiger partial charge in [-0.05, 0) is 26.0 Å². The zero-order valence-corrected chi connectivity index (χ0v) is 10.8. The summed E-state index contributed by atoms with van der Waals surface area (Å²) in [7, 11) is 0. The predicted molar refractivity (Wildman–Crippen MR) is 68.4 cm³/mol. The molecule has 1 atom stereocenters. The van der Waals surface area contributed by atoms with Gasteiger partial charge in [-0.1, -0.05) is 17.7 Å². The zero-order valence-electron chi connectivity index (χ0n) is 10.8. The number of hydrogen-bond donors (Lipinski definition) is 2. The average molecular weight is 261 g/mol. The van der Waals surface area contributed by atoms with Gasteiger partial charge in [-0.2, -0.15) is 0 Å². The Balaban J connectivity index is 2.03. The van der Waals surface area contributed by atoms with Crippen LogP contribution < -0.4 is 5.32 Å². The van der Waals surface area contributed by atoms with Crippen LogP contribution in [0.15, 0.2) is 28.7 Å². The molecule has 0 fully saturated rings. The van der Waals surface area contributed by atoms with Crippen LogP contribution in [-0.2, 0) is 11.3 Å². The summed E-state index contributed by atoms with van der Waals surface area (Å²) >= 11 is 0. The van der Waals surface area contributed by atoms with Crippen LogP contribution in [0.3, 0.4) is 0 Å². The number of aliphatic carboxylic acids is 1. The second-order valence-corrected chi connectivity index (χ2v) is 4.31. The number of aryl methyl sites for hydroxylation is 1. The third kappa shape index (κ3) is 3.38. The van der Waals surface area contributed by atoms with E-state index in [0.717, 1.165) is 11.1 Å². The van der Waals surface area contributed by atoms with Crippen LogP contribution in [0.1, 0.15) is 18.4 Å². The van der Waals surface area contributed by atoms with Gasteiger partial charge in [0.05, 0.1) is 6.54 Å². The van der Waals surface area contributed by atoms with Crippen LogP contribution in [0.4, 0.5) is 0 Å². The summed E-state index contributed by atoms with van der Waals surface area (Å²) in [5.41, 5.74) is 2.00. The van der Waals surface area contributed by atoms with E-state index in [0.29, 0.717) is 11.8 Å². The molecule has 1 unspecified atom stereocenters. The molecule has 0 aliphatic heterocycles. The van der Waals surface area contributed by atoms with Crippen molar-refractivity contribution in [3.05, 3.63) is 35.7 Å². The van der Waals surface area contributed by atoms with E-state index in [9.17, 15) is 4.79 Å². The van der Waals surface area contributed by atoms with Crippen molar-refractivity contribution in [3.63, 3.8) is 0 Å². The molecule has 100 valence electrons. The standard InChI is InChI=1S/C13H15N3O3/c1-8-3-5-10(6-4-8)12-16-15-11(19-12)7-14-9(2)13(17)18/h3-6,9,14H,7H2,1-2H3,(H,17,18). The molecule has 2 rings (SSSR count). The molecule has 2 aromatic rings. The molecule has 1 aromatic heterocycles. The largest absolute Gasteiger partial charge is 0.480 e. The van der Waals surface area contributed by atoms with E-state index in [4.69, 9.17) is 9.52 Å². The number of carboxylic acids is 1. The maximum absolute atomic E-state index is 10.6. The number of benzene rings is 1. The topological polar surface area (TPSA) is 88.2 Å². The van der Waals surface area contributed by atoms with Crippen molar-refractivity contribution >= 4 is 5.97 Å². The first kappa shape index (κ1) is 13.2. The predicted octanol–water partition coefficient (Wildman–Crippen LogP) is 1.61. The third-order valence-electron chi connectivity index (χ3n) is 2.70. The lowest BCUT2D eigenvalue weighted by atomic mass is 10.1. The Morgan fingerprint density at radius 3 is 2.68 bits per heavy atom. The van der Waals surface area contributed by atoms with E-state index in [1.807, 2.05) is 31.2 Å². The van der Waals surface area contributed by atoms with E-state index < -0.39 is 12.0 Å². The number of aromatic nitrogens is 2. The summed E-state index contributed by atoms with van der Waals surface area (Å²) in [5, 5.41) is 19.3. The normalized spacial score (nSPS) is 12.3. The summed E-state index contributed by atoms with van der Waals surface area (Å²) in [5.74, 6) is -0.123. The molecule has 6 nitrogen and oxygen atoms in total. The fourth-order valence-electron chi connectivity index (χ4n) is 1.47. The minimum atomic E-state index is -0.918. The summed E-state index contributed by atoms with van der Waals surface area (Å²) in [6, 6.07) is 7.07. The third-order valence-corrected chi connectivity index (χ3v) is 2.70. The molecule has 0 aliphatic rings. The molecule has 0 aliphatic carbocycles. The molecule has 2 N–H and O–H groups in total. The SMILES string of the molecule is Cc1ccc(-c2nnc(CNC(C)C(=O)O)o2)cc1. The number of rotatable bonds is 5. The number of carboxylic acid groups (broad SMARTS) is 1. The van der Waals surface area contributed by atoms with Gasteiger partial charge >= 0.3 is 5.97 Å². The van der Waals surface area contributed by atoms with Crippen molar-refractivity contribution in [2.75, 3.05) is 0 Å². The second kappa shape index (κ2) is 5.62. The molecule has 6 heteroatoms. The van der Waals surface area contributed by atoms with Crippen molar-refractivity contribution in [2.45, 2.75) is 26.4 Å². The number of hydrogen-bond acceptors (Lipinski definition) is 5. The average Bonchev–Trinajstić information content (AvgIpc) is 2.85. The highest BCUT2D eigenvalue weighted by atomic mass is 16.4. The van der Waals surface area contributed by atoms with Gasteiger partial charge in [0, 0.05) is 5.56 Å². The molecule has 0 radical (unpaired) electrons. The van der Waals surface area contributed by atoms with E-state index in [-0.39, 0.29) is 6.54 Å².